The van der Waals surface area contributed by atoms with E-state index in [1.165, 1.54) is 0 Å². The van der Waals surface area contributed by atoms with Crippen molar-refractivity contribution in [3.8, 4) is 0 Å². The van der Waals surface area contributed by atoms with Crippen LogP contribution in [0.25, 0.3) is 10.8 Å². The molecule has 1 atom stereocenters. The summed E-state index contributed by atoms with van der Waals surface area (Å²) in [6, 6.07) is 7.13. The zero-order valence-corrected chi connectivity index (χ0v) is 13.7. The molecule has 0 spiro atoms. The van der Waals surface area contributed by atoms with Crippen LogP contribution in [0.15, 0.2) is 29.1 Å². The van der Waals surface area contributed by atoms with Gasteiger partial charge in [0.2, 0.25) is 5.91 Å². The van der Waals surface area contributed by atoms with E-state index in [0.717, 1.165) is 0 Å². The summed E-state index contributed by atoms with van der Waals surface area (Å²) >= 11 is 0. The number of aromatic amines is 1. The molecule has 23 heavy (non-hydrogen) atoms. The Morgan fingerprint density at radius 3 is 2.52 bits per heavy atom. The lowest BCUT2D eigenvalue weighted by Crippen LogP contribution is -2.39. The highest BCUT2D eigenvalue weighted by molar-refractivity contribution is 5.91. The number of carbonyl (C=O) groups is 1. The smallest absolute Gasteiger partial charge is 0.272 e. The van der Waals surface area contributed by atoms with Gasteiger partial charge < -0.3 is 10.0 Å². The first-order chi connectivity index (χ1) is 11.0. The van der Waals surface area contributed by atoms with Crippen LogP contribution in [0.1, 0.15) is 32.4 Å². The van der Waals surface area contributed by atoms with Crippen LogP contribution in [0.3, 0.4) is 0 Å². The van der Waals surface area contributed by atoms with Crippen molar-refractivity contribution < 1.29 is 9.90 Å². The molecule has 0 radical (unpaired) electrons. The third-order valence-corrected chi connectivity index (χ3v) is 3.77. The number of amides is 1. The molecule has 1 unspecified atom stereocenters. The summed E-state index contributed by atoms with van der Waals surface area (Å²) in [6.07, 6.45) is 0. The highest BCUT2D eigenvalue weighted by atomic mass is 16.3. The van der Waals surface area contributed by atoms with E-state index in [1.54, 1.807) is 30.0 Å². The third kappa shape index (κ3) is 3.76. The summed E-state index contributed by atoms with van der Waals surface area (Å²) in [5.74, 6) is -0.294. The molecule has 0 aliphatic heterocycles. The van der Waals surface area contributed by atoms with Crippen molar-refractivity contribution >= 4 is 16.7 Å². The fraction of sp³-hybridized carbons (Fsp3) is 0.471. The standard InChI is InChI=1S/C17H23N3O3/c1-11(2)10-20(8-9-21)17(23)12(3)15-13-6-4-5-7-14(13)16(22)19-18-15/h4-7,11-12,21H,8-10H2,1-3H3,(H,19,22). The van der Waals surface area contributed by atoms with Gasteiger partial charge in [0.1, 0.15) is 0 Å². The number of nitrogens with zero attached hydrogens (tertiary/aromatic N) is 2. The van der Waals surface area contributed by atoms with Crippen LogP contribution in [-0.2, 0) is 4.79 Å². The predicted octanol–water partition coefficient (Wildman–Crippen LogP) is 1.50. The summed E-state index contributed by atoms with van der Waals surface area (Å²) in [4.78, 5) is 26.3. The number of aliphatic hydroxyl groups excluding tert-OH is 1. The van der Waals surface area contributed by atoms with Crippen molar-refractivity contribution in [2.24, 2.45) is 5.92 Å². The summed E-state index contributed by atoms with van der Waals surface area (Å²) in [5.41, 5.74) is 0.287. The number of rotatable bonds is 6. The van der Waals surface area contributed by atoms with Crippen molar-refractivity contribution in [2.75, 3.05) is 19.7 Å². The zero-order valence-electron chi connectivity index (χ0n) is 13.7. The second-order valence-corrected chi connectivity index (χ2v) is 6.11. The van der Waals surface area contributed by atoms with E-state index in [1.807, 2.05) is 19.9 Å². The predicted molar refractivity (Wildman–Crippen MR) is 89.3 cm³/mol. The Kier molecular flexibility index (Phi) is 5.50. The first-order valence-corrected chi connectivity index (χ1v) is 7.82. The van der Waals surface area contributed by atoms with Crippen LogP contribution in [0.5, 0.6) is 0 Å². The maximum absolute atomic E-state index is 12.8. The normalized spacial score (nSPS) is 12.6. The van der Waals surface area contributed by atoms with Crippen molar-refractivity contribution in [3.05, 3.63) is 40.3 Å². The number of hydrogen-bond donors (Lipinski definition) is 2. The highest BCUT2D eigenvalue weighted by Crippen LogP contribution is 2.23. The van der Waals surface area contributed by atoms with Gasteiger partial charge in [-0.25, -0.2) is 5.10 Å². The molecule has 0 saturated heterocycles. The maximum atomic E-state index is 12.8. The molecule has 0 saturated carbocycles. The number of fused-ring (bicyclic) bond motifs is 1. The molecule has 1 aromatic carbocycles. The number of nitrogens with one attached hydrogen (secondary N) is 1. The van der Waals surface area contributed by atoms with Crippen LogP contribution >= 0.6 is 0 Å². The van der Waals surface area contributed by atoms with Gasteiger partial charge in [-0.05, 0) is 18.9 Å². The molecule has 0 fully saturated rings. The van der Waals surface area contributed by atoms with Crippen LogP contribution in [0, 0.1) is 5.92 Å². The Labute approximate surface area is 135 Å². The van der Waals surface area contributed by atoms with Gasteiger partial charge in [0.05, 0.1) is 23.6 Å². The van der Waals surface area contributed by atoms with E-state index in [-0.39, 0.29) is 18.1 Å². The molecular formula is C17H23N3O3. The largest absolute Gasteiger partial charge is 0.395 e. The fourth-order valence-corrected chi connectivity index (χ4v) is 2.71. The van der Waals surface area contributed by atoms with Crippen molar-refractivity contribution in [3.63, 3.8) is 0 Å². The highest BCUT2D eigenvalue weighted by Gasteiger charge is 2.25. The van der Waals surface area contributed by atoms with Crippen LogP contribution < -0.4 is 5.56 Å². The van der Waals surface area contributed by atoms with Gasteiger partial charge >= 0.3 is 0 Å². The lowest BCUT2D eigenvalue weighted by molar-refractivity contribution is -0.133. The Morgan fingerprint density at radius 2 is 1.91 bits per heavy atom. The van der Waals surface area contributed by atoms with E-state index < -0.39 is 5.92 Å². The van der Waals surface area contributed by atoms with Gasteiger partial charge in [-0.15, -0.1) is 0 Å². The minimum absolute atomic E-state index is 0.0784. The van der Waals surface area contributed by atoms with Gasteiger partial charge in [-0.3, -0.25) is 9.59 Å². The summed E-state index contributed by atoms with van der Waals surface area (Å²) in [5, 5.41) is 17.0. The molecule has 124 valence electrons. The van der Waals surface area contributed by atoms with Crippen molar-refractivity contribution in [1.29, 1.82) is 0 Å². The Hall–Kier alpha value is -2.21. The average Bonchev–Trinajstić information content (AvgIpc) is 2.53. The van der Waals surface area contributed by atoms with Gasteiger partial charge in [0, 0.05) is 18.5 Å². The topological polar surface area (TPSA) is 86.3 Å². The first kappa shape index (κ1) is 17.1. The Bertz CT molecular complexity index is 739. The Balaban J connectivity index is 2.39. The SMILES string of the molecule is CC(C)CN(CCO)C(=O)C(C)c1n[nH]c(=O)c2ccccc12. The number of aliphatic hydroxyl groups is 1. The number of aromatic nitrogens is 2. The Morgan fingerprint density at radius 1 is 1.26 bits per heavy atom. The van der Waals surface area contributed by atoms with Gasteiger partial charge in [-0.2, -0.15) is 5.10 Å². The molecule has 1 amide bonds. The van der Waals surface area contributed by atoms with E-state index in [4.69, 9.17) is 0 Å². The molecule has 2 aromatic rings. The molecule has 0 aliphatic rings. The van der Waals surface area contributed by atoms with E-state index >= 15 is 0 Å². The lowest BCUT2D eigenvalue weighted by Gasteiger charge is -2.26. The average molecular weight is 317 g/mol. The van der Waals surface area contributed by atoms with Gasteiger partial charge in [0.15, 0.2) is 0 Å². The van der Waals surface area contributed by atoms with E-state index in [9.17, 15) is 14.7 Å². The molecule has 0 aliphatic carbocycles. The van der Waals surface area contributed by atoms with Gasteiger partial charge in [-0.1, -0.05) is 32.0 Å². The molecule has 1 aromatic heterocycles. The molecule has 6 nitrogen and oxygen atoms in total. The molecule has 1 heterocycles. The van der Waals surface area contributed by atoms with Crippen LogP contribution in [0.4, 0.5) is 0 Å². The number of carbonyl (C=O) groups excluding carboxylic acids is 1. The second kappa shape index (κ2) is 7.37. The number of H-pyrrole nitrogens is 1. The maximum Gasteiger partial charge on any atom is 0.272 e. The van der Waals surface area contributed by atoms with E-state index in [0.29, 0.717) is 35.5 Å². The lowest BCUT2D eigenvalue weighted by atomic mass is 9.99. The minimum Gasteiger partial charge on any atom is -0.395 e. The quantitative estimate of drug-likeness (QED) is 0.845. The zero-order chi connectivity index (χ0) is 17.0. The number of hydrogen-bond acceptors (Lipinski definition) is 4. The molecule has 0 bridgehead atoms. The molecular weight excluding hydrogens is 294 g/mol. The second-order valence-electron chi connectivity index (χ2n) is 6.11. The summed E-state index contributed by atoms with van der Waals surface area (Å²) in [7, 11) is 0. The summed E-state index contributed by atoms with van der Waals surface area (Å²) < 4.78 is 0. The number of benzene rings is 1. The fourth-order valence-electron chi connectivity index (χ4n) is 2.71. The van der Waals surface area contributed by atoms with Crippen LogP contribution in [0.2, 0.25) is 0 Å². The first-order valence-electron chi connectivity index (χ1n) is 7.82. The molecule has 2 rings (SSSR count). The van der Waals surface area contributed by atoms with E-state index in [2.05, 4.69) is 10.2 Å². The minimum atomic E-state index is -0.498. The molecule has 6 heteroatoms. The van der Waals surface area contributed by atoms with Gasteiger partial charge in [0.25, 0.3) is 5.56 Å². The monoisotopic (exact) mass is 317 g/mol. The van der Waals surface area contributed by atoms with Crippen molar-refractivity contribution in [1.82, 2.24) is 15.1 Å². The van der Waals surface area contributed by atoms with Crippen LogP contribution in [-0.4, -0.2) is 45.8 Å². The van der Waals surface area contributed by atoms with Crippen molar-refractivity contribution in [2.45, 2.75) is 26.7 Å². The summed E-state index contributed by atoms with van der Waals surface area (Å²) in [6.45, 7) is 6.62. The molecule has 2 N–H and O–H groups in total. The third-order valence-electron chi connectivity index (χ3n) is 3.77.